The number of hydrogen-bond acceptors (Lipinski definition) is 3. The van der Waals surface area contributed by atoms with Crippen molar-refractivity contribution in [3.8, 4) is 11.4 Å². The van der Waals surface area contributed by atoms with E-state index < -0.39 is 0 Å². The van der Waals surface area contributed by atoms with Gasteiger partial charge in [-0.2, -0.15) is 5.10 Å². The standard InChI is InChI=1S/C12H12N2O2/c1-9-6-13-14(7-9)11-4-3-10(8-15)12(5-11)16-2/h3-8H,1-2H3. The smallest absolute Gasteiger partial charge is 0.153 e. The molecule has 0 unspecified atom stereocenters. The highest BCUT2D eigenvalue weighted by atomic mass is 16.5. The van der Waals surface area contributed by atoms with E-state index in [1.165, 1.54) is 0 Å². The van der Waals surface area contributed by atoms with E-state index in [2.05, 4.69) is 5.10 Å². The summed E-state index contributed by atoms with van der Waals surface area (Å²) in [7, 11) is 1.54. The van der Waals surface area contributed by atoms with Crippen LogP contribution in [0.2, 0.25) is 0 Å². The van der Waals surface area contributed by atoms with Crippen LogP contribution in [0.4, 0.5) is 0 Å². The Bertz CT molecular complexity index is 517. The number of hydrogen-bond donors (Lipinski definition) is 0. The zero-order valence-corrected chi connectivity index (χ0v) is 9.18. The van der Waals surface area contributed by atoms with Gasteiger partial charge in [0, 0.05) is 12.3 Å². The molecule has 1 aromatic heterocycles. The van der Waals surface area contributed by atoms with Crippen molar-refractivity contribution in [1.82, 2.24) is 9.78 Å². The highest BCUT2D eigenvalue weighted by molar-refractivity contribution is 5.80. The molecule has 0 aliphatic rings. The lowest BCUT2D eigenvalue weighted by molar-refractivity contribution is 0.112. The van der Waals surface area contributed by atoms with Crippen LogP contribution < -0.4 is 4.74 Å². The maximum absolute atomic E-state index is 10.7. The summed E-state index contributed by atoms with van der Waals surface area (Å²) in [5.74, 6) is 0.556. The lowest BCUT2D eigenvalue weighted by atomic mass is 10.2. The highest BCUT2D eigenvalue weighted by Gasteiger charge is 2.05. The van der Waals surface area contributed by atoms with Crippen LogP contribution in [0.15, 0.2) is 30.6 Å². The number of nitrogens with zero attached hydrogens (tertiary/aromatic N) is 2. The number of aldehydes is 1. The van der Waals surface area contributed by atoms with Gasteiger partial charge in [0.1, 0.15) is 5.75 Å². The molecular weight excluding hydrogens is 204 g/mol. The van der Waals surface area contributed by atoms with Crippen molar-refractivity contribution in [2.75, 3.05) is 7.11 Å². The zero-order chi connectivity index (χ0) is 11.5. The molecule has 0 N–H and O–H groups in total. The second-order valence-corrected chi connectivity index (χ2v) is 3.51. The molecule has 2 rings (SSSR count). The largest absolute Gasteiger partial charge is 0.496 e. The summed E-state index contributed by atoms with van der Waals surface area (Å²) in [6.07, 6.45) is 4.46. The molecule has 0 saturated heterocycles. The Morgan fingerprint density at radius 1 is 1.44 bits per heavy atom. The SMILES string of the molecule is COc1cc(-n2cc(C)cn2)ccc1C=O. The first kappa shape index (κ1) is 10.4. The quantitative estimate of drug-likeness (QED) is 0.737. The van der Waals surface area contributed by atoms with E-state index in [4.69, 9.17) is 4.74 Å². The first-order chi connectivity index (χ1) is 7.74. The van der Waals surface area contributed by atoms with E-state index in [1.807, 2.05) is 19.2 Å². The molecule has 0 radical (unpaired) electrons. The predicted molar refractivity (Wildman–Crippen MR) is 60.2 cm³/mol. The van der Waals surface area contributed by atoms with Gasteiger partial charge in [-0.15, -0.1) is 0 Å². The molecule has 0 saturated carbocycles. The van der Waals surface area contributed by atoms with E-state index >= 15 is 0 Å². The number of aryl methyl sites for hydroxylation is 1. The predicted octanol–water partition coefficient (Wildman–Crippen LogP) is 2.00. The summed E-state index contributed by atoms with van der Waals surface area (Å²) >= 11 is 0. The van der Waals surface area contributed by atoms with E-state index in [-0.39, 0.29) is 0 Å². The van der Waals surface area contributed by atoms with Gasteiger partial charge < -0.3 is 4.74 Å². The Morgan fingerprint density at radius 2 is 2.25 bits per heavy atom. The Labute approximate surface area is 93.5 Å². The van der Waals surface area contributed by atoms with Gasteiger partial charge in [0.2, 0.25) is 0 Å². The number of carbonyl (C=O) groups is 1. The van der Waals surface area contributed by atoms with E-state index in [1.54, 1.807) is 30.1 Å². The summed E-state index contributed by atoms with van der Waals surface area (Å²) in [6, 6.07) is 5.34. The summed E-state index contributed by atoms with van der Waals surface area (Å²) in [5.41, 5.74) is 2.49. The Hall–Kier alpha value is -2.10. The van der Waals surface area contributed by atoms with Crippen LogP contribution in [0.1, 0.15) is 15.9 Å². The Morgan fingerprint density at radius 3 is 2.81 bits per heavy atom. The minimum absolute atomic E-state index is 0.537. The van der Waals surface area contributed by atoms with Gasteiger partial charge in [-0.25, -0.2) is 4.68 Å². The molecular formula is C12H12N2O2. The molecule has 0 aliphatic heterocycles. The van der Waals surface area contributed by atoms with Crippen LogP contribution in [0, 0.1) is 6.92 Å². The average Bonchev–Trinajstić information content (AvgIpc) is 2.75. The molecule has 0 bridgehead atoms. The maximum atomic E-state index is 10.7. The van der Waals surface area contributed by atoms with Crippen molar-refractivity contribution >= 4 is 6.29 Å². The van der Waals surface area contributed by atoms with Crippen LogP contribution in [-0.4, -0.2) is 23.2 Å². The molecule has 0 fully saturated rings. The third kappa shape index (κ3) is 1.82. The van der Waals surface area contributed by atoms with E-state index in [0.717, 1.165) is 17.5 Å². The number of rotatable bonds is 3. The highest BCUT2D eigenvalue weighted by Crippen LogP contribution is 2.20. The van der Waals surface area contributed by atoms with Crippen LogP contribution in [0.3, 0.4) is 0 Å². The third-order valence-corrected chi connectivity index (χ3v) is 2.32. The second-order valence-electron chi connectivity index (χ2n) is 3.51. The van der Waals surface area contributed by atoms with Crippen LogP contribution in [0.5, 0.6) is 5.75 Å². The van der Waals surface area contributed by atoms with Gasteiger partial charge in [0.15, 0.2) is 6.29 Å². The monoisotopic (exact) mass is 216 g/mol. The van der Waals surface area contributed by atoms with Gasteiger partial charge >= 0.3 is 0 Å². The van der Waals surface area contributed by atoms with Crippen LogP contribution in [-0.2, 0) is 0 Å². The summed E-state index contributed by atoms with van der Waals surface area (Å²) in [5, 5.41) is 4.19. The Balaban J connectivity index is 2.47. The first-order valence-corrected chi connectivity index (χ1v) is 4.89. The van der Waals surface area contributed by atoms with Gasteiger partial charge in [-0.05, 0) is 24.6 Å². The fourth-order valence-electron chi connectivity index (χ4n) is 1.49. The van der Waals surface area contributed by atoms with E-state index in [0.29, 0.717) is 11.3 Å². The van der Waals surface area contributed by atoms with Crippen molar-refractivity contribution in [2.24, 2.45) is 0 Å². The van der Waals surface area contributed by atoms with Crippen molar-refractivity contribution < 1.29 is 9.53 Å². The molecule has 4 heteroatoms. The molecule has 82 valence electrons. The van der Waals surface area contributed by atoms with Gasteiger partial charge in [-0.1, -0.05) is 0 Å². The minimum Gasteiger partial charge on any atom is -0.496 e. The topological polar surface area (TPSA) is 44.1 Å². The summed E-state index contributed by atoms with van der Waals surface area (Å²) < 4.78 is 6.88. The Kier molecular flexibility index (Phi) is 2.72. The van der Waals surface area contributed by atoms with Crippen molar-refractivity contribution in [2.45, 2.75) is 6.92 Å². The molecule has 16 heavy (non-hydrogen) atoms. The minimum atomic E-state index is 0.537. The molecule has 0 aliphatic carbocycles. The average molecular weight is 216 g/mol. The fraction of sp³-hybridized carbons (Fsp3) is 0.167. The number of carbonyl (C=O) groups excluding carboxylic acids is 1. The number of benzene rings is 1. The van der Waals surface area contributed by atoms with Crippen molar-refractivity contribution in [3.63, 3.8) is 0 Å². The lowest BCUT2D eigenvalue weighted by Crippen LogP contribution is -1.97. The molecule has 1 aromatic carbocycles. The van der Waals surface area contributed by atoms with Gasteiger partial charge in [0.25, 0.3) is 0 Å². The van der Waals surface area contributed by atoms with Crippen molar-refractivity contribution in [1.29, 1.82) is 0 Å². The van der Waals surface area contributed by atoms with Crippen molar-refractivity contribution in [3.05, 3.63) is 41.7 Å². The number of aromatic nitrogens is 2. The van der Waals surface area contributed by atoms with Gasteiger partial charge in [-0.3, -0.25) is 4.79 Å². The molecule has 4 nitrogen and oxygen atoms in total. The molecule has 0 amide bonds. The fourth-order valence-corrected chi connectivity index (χ4v) is 1.49. The molecule has 0 atom stereocenters. The van der Waals surface area contributed by atoms with Crippen LogP contribution >= 0.6 is 0 Å². The zero-order valence-electron chi connectivity index (χ0n) is 9.18. The molecule has 0 spiro atoms. The summed E-state index contributed by atoms with van der Waals surface area (Å²) in [4.78, 5) is 10.7. The first-order valence-electron chi connectivity index (χ1n) is 4.89. The number of ether oxygens (including phenoxy) is 1. The maximum Gasteiger partial charge on any atom is 0.153 e. The van der Waals surface area contributed by atoms with Gasteiger partial charge in [0.05, 0.1) is 24.6 Å². The third-order valence-electron chi connectivity index (χ3n) is 2.32. The lowest BCUT2D eigenvalue weighted by Gasteiger charge is -2.06. The normalized spacial score (nSPS) is 10.1. The molecule has 2 aromatic rings. The van der Waals surface area contributed by atoms with Crippen LogP contribution in [0.25, 0.3) is 5.69 Å². The van der Waals surface area contributed by atoms with E-state index in [9.17, 15) is 4.79 Å². The summed E-state index contributed by atoms with van der Waals surface area (Å²) in [6.45, 7) is 1.97. The molecule has 1 heterocycles. The second kappa shape index (κ2) is 4.18. The number of methoxy groups -OCH3 is 1.